The number of anilines is 2. The molecule has 1 rings (SSSR count). The van der Waals surface area contributed by atoms with Gasteiger partial charge in [-0.15, -0.1) is 0 Å². The van der Waals surface area contributed by atoms with E-state index in [2.05, 4.69) is 20.6 Å². The summed E-state index contributed by atoms with van der Waals surface area (Å²) < 4.78 is 5.01. The number of nitrogens with one attached hydrogen (secondary N) is 2. The van der Waals surface area contributed by atoms with Crippen molar-refractivity contribution < 1.29 is 4.74 Å². The van der Waals surface area contributed by atoms with Crippen LogP contribution in [-0.4, -0.2) is 37.3 Å². The highest BCUT2D eigenvalue weighted by molar-refractivity contribution is 5.56. The molecule has 0 unspecified atom stereocenters. The number of rotatable bonds is 7. The number of hydrogen-bond donors (Lipinski definition) is 2. The van der Waals surface area contributed by atoms with Crippen LogP contribution in [0.25, 0.3) is 0 Å². The number of nitrogens with zero attached hydrogens (tertiary/aromatic N) is 2. The average molecular weight is 238 g/mol. The van der Waals surface area contributed by atoms with Gasteiger partial charge in [-0.25, -0.2) is 9.97 Å². The Morgan fingerprint density at radius 2 is 1.82 bits per heavy atom. The quantitative estimate of drug-likeness (QED) is 0.711. The molecule has 0 bridgehead atoms. The van der Waals surface area contributed by atoms with Crippen LogP contribution in [0.15, 0.2) is 0 Å². The minimum Gasteiger partial charge on any atom is -0.385 e. The van der Waals surface area contributed by atoms with Gasteiger partial charge in [-0.2, -0.15) is 0 Å². The molecular formula is C12H22N4O. The molecule has 5 heteroatoms. The van der Waals surface area contributed by atoms with Crippen molar-refractivity contribution in [3.8, 4) is 0 Å². The number of hydrogen-bond acceptors (Lipinski definition) is 5. The van der Waals surface area contributed by atoms with Gasteiger partial charge in [0.25, 0.3) is 0 Å². The van der Waals surface area contributed by atoms with E-state index in [1.165, 1.54) is 0 Å². The highest BCUT2D eigenvalue weighted by Crippen LogP contribution is 2.19. The molecule has 0 saturated heterocycles. The molecule has 0 aliphatic rings. The van der Waals surface area contributed by atoms with Gasteiger partial charge < -0.3 is 15.4 Å². The van der Waals surface area contributed by atoms with Crippen LogP contribution in [0.4, 0.5) is 11.6 Å². The van der Waals surface area contributed by atoms with E-state index < -0.39 is 0 Å². The van der Waals surface area contributed by atoms with Crippen molar-refractivity contribution in [3.63, 3.8) is 0 Å². The summed E-state index contributed by atoms with van der Waals surface area (Å²) in [5, 5.41) is 6.42. The largest absolute Gasteiger partial charge is 0.385 e. The van der Waals surface area contributed by atoms with Crippen molar-refractivity contribution in [2.75, 3.05) is 37.9 Å². The molecule has 0 atom stereocenters. The van der Waals surface area contributed by atoms with Gasteiger partial charge in [0, 0.05) is 32.9 Å². The monoisotopic (exact) mass is 238 g/mol. The molecule has 0 saturated carbocycles. The second-order valence-corrected chi connectivity index (χ2v) is 3.97. The van der Waals surface area contributed by atoms with Gasteiger partial charge >= 0.3 is 0 Å². The number of ether oxygens (including phenoxy) is 1. The topological polar surface area (TPSA) is 59.1 Å². The first-order valence-corrected chi connectivity index (χ1v) is 5.94. The Morgan fingerprint density at radius 1 is 1.12 bits per heavy atom. The van der Waals surface area contributed by atoms with Crippen molar-refractivity contribution in [1.29, 1.82) is 0 Å². The van der Waals surface area contributed by atoms with E-state index >= 15 is 0 Å². The van der Waals surface area contributed by atoms with E-state index in [9.17, 15) is 0 Å². The lowest BCUT2D eigenvalue weighted by molar-refractivity contribution is 0.194. The van der Waals surface area contributed by atoms with Crippen LogP contribution >= 0.6 is 0 Å². The van der Waals surface area contributed by atoms with E-state index in [4.69, 9.17) is 4.74 Å². The zero-order valence-electron chi connectivity index (χ0n) is 11.1. The Hall–Kier alpha value is -1.36. The Bertz CT molecular complexity index is 355. The Balaban J connectivity index is 2.55. The van der Waals surface area contributed by atoms with Crippen molar-refractivity contribution >= 4 is 11.6 Å². The van der Waals surface area contributed by atoms with Gasteiger partial charge in [0.15, 0.2) is 0 Å². The van der Waals surface area contributed by atoms with Gasteiger partial charge in [-0.1, -0.05) is 0 Å². The van der Waals surface area contributed by atoms with E-state index in [0.29, 0.717) is 0 Å². The summed E-state index contributed by atoms with van der Waals surface area (Å²) in [5.41, 5.74) is 1.06. The molecule has 1 aromatic rings. The molecule has 17 heavy (non-hydrogen) atoms. The molecular weight excluding hydrogens is 216 g/mol. The van der Waals surface area contributed by atoms with Gasteiger partial charge in [-0.05, 0) is 26.7 Å². The average Bonchev–Trinajstić information content (AvgIpc) is 2.32. The Morgan fingerprint density at radius 3 is 2.47 bits per heavy atom. The van der Waals surface area contributed by atoms with Gasteiger partial charge in [0.1, 0.15) is 17.5 Å². The highest BCUT2D eigenvalue weighted by Gasteiger charge is 2.06. The van der Waals surface area contributed by atoms with E-state index in [1.54, 1.807) is 7.11 Å². The predicted octanol–water partition coefficient (Wildman–Crippen LogP) is 1.97. The van der Waals surface area contributed by atoms with Crippen LogP contribution in [-0.2, 0) is 4.74 Å². The molecule has 1 heterocycles. The SMILES string of the molecule is CNc1nc(C)nc(NCCCCOC)c1C. The summed E-state index contributed by atoms with van der Waals surface area (Å²) in [6.07, 6.45) is 2.14. The van der Waals surface area contributed by atoms with E-state index in [0.717, 1.165) is 49.0 Å². The van der Waals surface area contributed by atoms with Gasteiger partial charge in [0.05, 0.1) is 0 Å². The predicted molar refractivity (Wildman–Crippen MR) is 70.7 cm³/mol. The summed E-state index contributed by atoms with van der Waals surface area (Å²) in [4.78, 5) is 8.73. The molecule has 5 nitrogen and oxygen atoms in total. The van der Waals surface area contributed by atoms with Crippen molar-refractivity contribution in [2.24, 2.45) is 0 Å². The number of methoxy groups -OCH3 is 1. The lowest BCUT2D eigenvalue weighted by Gasteiger charge is -2.12. The van der Waals surface area contributed by atoms with Crippen LogP contribution in [0.2, 0.25) is 0 Å². The van der Waals surface area contributed by atoms with Crippen molar-refractivity contribution in [3.05, 3.63) is 11.4 Å². The van der Waals surface area contributed by atoms with Gasteiger partial charge in [0.2, 0.25) is 0 Å². The molecule has 0 fully saturated rings. The molecule has 0 aliphatic carbocycles. The Labute approximate surface area is 103 Å². The van der Waals surface area contributed by atoms with Crippen LogP contribution < -0.4 is 10.6 Å². The van der Waals surface area contributed by atoms with Crippen LogP contribution in [0.1, 0.15) is 24.2 Å². The number of aryl methyl sites for hydroxylation is 1. The van der Waals surface area contributed by atoms with E-state index in [1.807, 2.05) is 20.9 Å². The third kappa shape index (κ3) is 4.19. The third-order valence-corrected chi connectivity index (χ3v) is 2.56. The third-order valence-electron chi connectivity index (χ3n) is 2.56. The minimum atomic E-state index is 0.777. The molecule has 1 aromatic heterocycles. The lowest BCUT2D eigenvalue weighted by atomic mass is 10.2. The standard InChI is InChI=1S/C12H22N4O/c1-9-11(13-3)15-10(2)16-12(9)14-7-5-6-8-17-4/h5-8H2,1-4H3,(H2,13,14,15,16). The smallest absolute Gasteiger partial charge is 0.134 e. The van der Waals surface area contributed by atoms with Crippen LogP contribution in [0.5, 0.6) is 0 Å². The maximum atomic E-state index is 5.01. The molecule has 0 spiro atoms. The molecule has 0 amide bonds. The maximum absolute atomic E-state index is 5.01. The summed E-state index contributed by atoms with van der Waals surface area (Å²) in [6.45, 7) is 5.63. The second-order valence-electron chi connectivity index (χ2n) is 3.97. The first-order valence-electron chi connectivity index (χ1n) is 5.94. The lowest BCUT2D eigenvalue weighted by Crippen LogP contribution is -2.09. The van der Waals surface area contributed by atoms with E-state index in [-0.39, 0.29) is 0 Å². The number of unbranched alkanes of at least 4 members (excludes halogenated alkanes) is 1. The highest BCUT2D eigenvalue weighted by atomic mass is 16.5. The number of aromatic nitrogens is 2. The zero-order chi connectivity index (χ0) is 12.7. The van der Waals surface area contributed by atoms with Gasteiger partial charge in [-0.3, -0.25) is 0 Å². The summed E-state index contributed by atoms with van der Waals surface area (Å²) >= 11 is 0. The van der Waals surface area contributed by atoms with Crippen molar-refractivity contribution in [1.82, 2.24) is 9.97 Å². The van der Waals surface area contributed by atoms with Crippen LogP contribution in [0.3, 0.4) is 0 Å². The zero-order valence-corrected chi connectivity index (χ0v) is 11.1. The fourth-order valence-electron chi connectivity index (χ4n) is 1.62. The Kier molecular flexibility index (Phi) is 5.69. The molecule has 0 aliphatic heterocycles. The second kappa shape index (κ2) is 7.06. The van der Waals surface area contributed by atoms with Crippen LogP contribution in [0, 0.1) is 13.8 Å². The fraction of sp³-hybridized carbons (Fsp3) is 0.667. The summed E-state index contributed by atoms with van der Waals surface area (Å²) in [7, 11) is 3.60. The first kappa shape index (κ1) is 13.7. The maximum Gasteiger partial charge on any atom is 0.134 e. The molecule has 96 valence electrons. The fourth-order valence-corrected chi connectivity index (χ4v) is 1.62. The minimum absolute atomic E-state index is 0.777. The summed E-state index contributed by atoms with van der Waals surface area (Å²) in [5.74, 6) is 2.58. The molecule has 0 aromatic carbocycles. The molecule has 2 N–H and O–H groups in total. The van der Waals surface area contributed by atoms with Crippen molar-refractivity contribution in [2.45, 2.75) is 26.7 Å². The first-order chi connectivity index (χ1) is 8.19. The molecule has 0 radical (unpaired) electrons. The summed E-state index contributed by atoms with van der Waals surface area (Å²) in [6, 6.07) is 0. The normalized spacial score (nSPS) is 10.4.